The summed E-state index contributed by atoms with van der Waals surface area (Å²) in [6, 6.07) is 7.14. The van der Waals surface area contributed by atoms with Gasteiger partial charge >= 0.3 is 0 Å². The summed E-state index contributed by atoms with van der Waals surface area (Å²) < 4.78 is 22.8. The van der Waals surface area contributed by atoms with Gasteiger partial charge in [0.2, 0.25) is 10.0 Å². The maximum Gasteiger partial charge on any atom is 0.238 e. The van der Waals surface area contributed by atoms with Gasteiger partial charge in [-0.15, -0.1) is 0 Å². The van der Waals surface area contributed by atoms with E-state index in [1.807, 2.05) is 6.07 Å². The molecule has 2 rings (SSSR count). The Morgan fingerprint density at radius 3 is 2.88 bits per heavy atom. The van der Waals surface area contributed by atoms with Gasteiger partial charge in [-0.25, -0.2) is 13.6 Å². The zero-order valence-corrected chi connectivity index (χ0v) is 15.1. The third kappa shape index (κ3) is 5.19. The van der Waals surface area contributed by atoms with E-state index in [1.165, 1.54) is 18.9 Å². The highest BCUT2D eigenvalue weighted by Crippen LogP contribution is 2.15. The Hall–Kier alpha value is -1.64. The lowest BCUT2D eigenvalue weighted by Crippen LogP contribution is -2.44. The van der Waals surface area contributed by atoms with Crippen LogP contribution in [0.5, 0.6) is 0 Å². The first-order valence-electron chi connectivity index (χ1n) is 8.24. The van der Waals surface area contributed by atoms with Crippen molar-refractivity contribution in [1.29, 1.82) is 0 Å². The Kier molecular flexibility index (Phi) is 6.59. The summed E-state index contributed by atoms with van der Waals surface area (Å²) in [5, 5.41) is 11.7. The molecule has 0 aliphatic carbocycles. The van der Waals surface area contributed by atoms with Gasteiger partial charge in [-0.1, -0.05) is 19.1 Å². The molecule has 0 spiro atoms. The fraction of sp³-hybridized carbons (Fsp3) is 0.562. The molecule has 1 unspecified atom stereocenters. The monoisotopic (exact) mass is 353 g/mol. The lowest BCUT2D eigenvalue weighted by molar-refractivity contribution is 0.267. The van der Waals surface area contributed by atoms with Crippen molar-refractivity contribution in [2.45, 2.75) is 37.2 Å². The molecule has 134 valence electrons. The number of guanidine groups is 1. The van der Waals surface area contributed by atoms with E-state index in [0.717, 1.165) is 25.2 Å². The van der Waals surface area contributed by atoms with E-state index in [9.17, 15) is 8.42 Å². The van der Waals surface area contributed by atoms with E-state index in [2.05, 4.69) is 27.4 Å². The molecule has 0 bridgehead atoms. The van der Waals surface area contributed by atoms with E-state index in [4.69, 9.17) is 5.14 Å². The molecule has 4 N–H and O–H groups in total. The molecule has 0 radical (unpaired) electrons. The molecule has 0 aromatic heterocycles. The van der Waals surface area contributed by atoms with Crippen LogP contribution < -0.4 is 15.8 Å². The van der Waals surface area contributed by atoms with Gasteiger partial charge in [0.05, 0.1) is 4.90 Å². The largest absolute Gasteiger partial charge is 0.355 e. The molecule has 8 heteroatoms. The second-order valence-corrected chi connectivity index (χ2v) is 7.49. The number of nitrogens with two attached hydrogens (primary N) is 1. The zero-order chi connectivity index (χ0) is 17.6. The number of hydrogen-bond donors (Lipinski definition) is 3. The second kappa shape index (κ2) is 8.46. The Morgan fingerprint density at radius 1 is 1.42 bits per heavy atom. The van der Waals surface area contributed by atoms with Crippen LogP contribution in [0.2, 0.25) is 0 Å². The zero-order valence-electron chi connectivity index (χ0n) is 14.3. The second-order valence-electron chi connectivity index (χ2n) is 5.92. The molecular formula is C16H27N5O2S. The van der Waals surface area contributed by atoms with Crippen LogP contribution >= 0.6 is 0 Å². The number of hydrogen-bond acceptors (Lipinski definition) is 4. The molecule has 1 aliphatic rings. The molecule has 1 fully saturated rings. The molecular weight excluding hydrogens is 326 g/mol. The fourth-order valence-electron chi connectivity index (χ4n) is 3.00. The maximum absolute atomic E-state index is 11.4. The molecule has 1 atom stereocenters. The molecule has 1 saturated heterocycles. The minimum absolute atomic E-state index is 0.120. The molecule has 0 saturated carbocycles. The van der Waals surface area contributed by atoms with Crippen molar-refractivity contribution >= 4 is 16.0 Å². The summed E-state index contributed by atoms with van der Waals surface area (Å²) in [5.41, 5.74) is 0.834. The van der Waals surface area contributed by atoms with Crippen LogP contribution in [0.1, 0.15) is 25.3 Å². The van der Waals surface area contributed by atoms with Gasteiger partial charge in [-0.2, -0.15) is 0 Å². The number of sulfonamides is 1. The van der Waals surface area contributed by atoms with Gasteiger partial charge in [0.15, 0.2) is 5.96 Å². The first kappa shape index (κ1) is 18.7. The van der Waals surface area contributed by atoms with Crippen molar-refractivity contribution < 1.29 is 8.42 Å². The first-order valence-corrected chi connectivity index (χ1v) is 9.79. The fourth-order valence-corrected chi connectivity index (χ4v) is 3.58. The van der Waals surface area contributed by atoms with Crippen LogP contribution in [-0.2, 0) is 16.6 Å². The van der Waals surface area contributed by atoms with E-state index >= 15 is 0 Å². The quantitative estimate of drug-likeness (QED) is 0.510. The van der Waals surface area contributed by atoms with Crippen molar-refractivity contribution in [1.82, 2.24) is 15.5 Å². The molecule has 7 nitrogen and oxygen atoms in total. The third-order valence-corrected chi connectivity index (χ3v) is 5.23. The number of primary sulfonamides is 1. The van der Waals surface area contributed by atoms with Gasteiger partial charge in [0.1, 0.15) is 0 Å². The van der Waals surface area contributed by atoms with Crippen LogP contribution in [-0.4, -0.2) is 52.0 Å². The molecule has 24 heavy (non-hydrogen) atoms. The lowest BCUT2D eigenvalue weighted by atomic mass is 10.2. The number of likely N-dealkylation sites (tertiary alicyclic amines) is 1. The van der Waals surface area contributed by atoms with Crippen molar-refractivity contribution in [3.8, 4) is 0 Å². The topological polar surface area (TPSA) is 99.8 Å². The Bertz CT molecular complexity index is 675. The first-order chi connectivity index (χ1) is 11.4. The Morgan fingerprint density at radius 2 is 2.21 bits per heavy atom. The third-order valence-electron chi connectivity index (χ3n) is 4.32. The predicted octanol–water partition coefficient (Wildman–Crippen LogP) is 0.483. The lowest BCUT2D eigenvalue weighted by Gasteiger charge is -2.24. The number of rotatable bonds is 6. The molecule has 1 heterocycles. The SMILES string of the molecule is CCN1CCCC1CNC(=NC)NCc1cccc(S(N)(=O)=O)c1. The van der Waals surface area contributed by atoms with Crippen LogP contribution in [0.15, 0.2) is 34.2 Å². The number of benzene rings is 1. The normalized spacial score (nSPS) is 19.5. The van der Waals surface area contributed by atoms with Crippen molar-refractivity contribution in [2.75, 3.05) is 26.7 Å². The number of nitrogens with zero attached hydrogens (tertiary/aromatic N) is 2. The van der Waals surface area contributed by atoms with Crippen LogP contribution in [0.3, 0.4) is 0 Å². The summed E-state index contributed by atoms with van der Waals surface area (Å²) in [4.78, 5) is 6.81. The Labute approximate surface area is 144 Å². The van der Waals surface area contributed by atoms with Crippen molar-refractivity contribution in [3.05, 3.63) is 29.8 Å². The summed E-state index contributed by atoms with van der Waals surface area (Å²) in [5.74, 6) is 0.707. The summed E-state index contributed by atoms with van der Waals surface area (Å²) in [6.45, 7) is 5.74. The van der Waals surface area contributed by atoms with Gasteiger partial charge in [0, 0.05) is 26.2 Å². The highest BCUT2D eigenvalue weighted by atomic mass is 32.2. The molecule has 1 aromatic carbocycles. The standard InChI is InChI=1S/C16H27N5O2S/c1-3-21-9-5-7-14(21)12-20-16(18-2)19-11-13-6-4-8-15(10-13)24(17,22)23/h4,6,8,10,14H,3,5,7,9,11-12H2,1-2H3,(H2,17,22,23)(H2,18,19,20). The molecule has 1 aromatic rings. The highest BCUT2D eigenvalue weighted by molar-refractivity contribution is 7.89. The number of nitrogens with one attached hydrogen (secondary N) is 2. The van der Waals surface area contributed by atoms with Crippen LogP contribution in [0, 0.1) is 0 Å². The van der Waals surface area contributed by atoms with Crippen molar-refractivity contribution in [3.63, 3.8) is 0 Å². The van der Waals surface area contributed by atoms with Crippen molar-refractivity contribution in [2.24, 2.45) is 10.1 Å². The van der Waals surface area contributed by atoms with E-state index < -0.39 is 10.0 Å². The van der Waals surface area contributed by atoms with Gasteiger partial charge in [-0.3, -0.25) is 9.89 Å². The average Bonchev–Trinajstić information content (AvgIpc) is 3.02. The smallest absolute Gasteiger partial charge is 0.238 e. The van der Waals surface area contributed by atoms with Gasteiger partial charge < -0.3 is 10.6 Å². The van der Waals surface area contributed by atoms with Crippen LogP contribution in [0.25, 0.3) is 0 Å². The molecule has 1 aliphatic heterocycles. The number of aliphatic imine (C=N–C) groups is 1. The van der Waals surface area contributed by atoms with Crippen LogP contribution in [0.4, 0.5) is 0 Å². The Balaban J connectivity index is 1.88. The maximum atomic E-state index is 11.4. The van der Waals surface area contributed by atoms with Gasteiger partial charge in [0.25, 0.3) is 0 Å². The van der Waals surface area contributed by atoms with E-state index in [0.29, 0.717) is 18.5 Å². The van der Waals surface area contributed by atoms with E-state index in [1.54, 1.807) is 19.2 Å². The predicted molar refractivity (Wildman–Crippen MR) is 96.3 cm³/mol. The van der Waals surface area contributed by atoms with E-state index in [-0.39, 0.29) is 4.90 Å². The summed E-state index contributed by atoms with van der Waals surface area (Å²) in [6.07, 6.45) is 2.45. The highest BCUT2D eigenvalue weighted by Gasteiger charge is 2.22. The summed E-state index contributed by atoms with van der Waals surface area (Å²) >= 11 is 0. The average molecular weight is 353 g/mol. The number of likely N-dealkylation sites (N-methyl/N-ethyl adjacent to an activating group) is 1. The minimum Gasteiger partial charge on any atom is -0.355 e. The van der Waals surface area contributed by atoms with Gasteiger partial charge in [-0.05, 0) is 43.6 Å². The summed E-state index contributed by atoms with van der Waals surface area (Å²) in [7, 11) is -1.95. The minimum atomic E-state index is -3.68. The molecule has 0 amide bonds.